The van der Waals surface area contributed by atoms with Crippen LogP contribution in [0.4, 0.5) is 5.69 Å². The molecule has 1 aromatic heterocycles. The minimum Gasteiger partial charge on any atom is -0.378 e. The summed E-state index contributed by atoms with van der Waals surface area (Å²) in [7, 11) is 4.00. The molecule has 1 aliphatic heterocycles. The van der Waals surface area contributed by atoms with E-state index in [4.69, 9.17) is 0 Å². The molecule has 2 heterocycles. The van der Waals surface area contributed by atoms with Crippen molar-refractivity contribution < 1.29 is 4.79 Å². The molecular weight excluding hydrogens is 314 g/mol. The molecule has 1 aliphatic carbocycles. The third kappa shape index (κ3) is 3.52. The van der Waals surface area contributed by atoms with E-state index in [0.717, 1.165) is 48.8 Å². The number of aromatic nitrogens is 3. The number of benzene rings is 1. The molecule has 2 aromatic rings. The van der Waals surface area contributed by atoms with E-state index in [2.05, 4.69) is 15.2 Å². The van der Waals surface area contributed by atoms with Crippen LogP contribution < -0.4 is 4.90 Å². The molecule has 4 rings (SSSR count). The van der Waals surface area contributed by atoms with E-state index < -0.39 is 0 Å². The summed E-state index contributed by atoms with van der Waals surface area (Å²) in [6.07, 6.45) is 4.34. The first kappa shape index (κ1) is 16.1. The van der Waals surface area contributed by atoms with Gasteiger partial charge >= 0.3 is 0 Å². The quantitative estimate of drug-likeness (QED) is 0.909. The summed E-state index contributed by atoms with van der Waals surface area (Å²) in [5.74, 6) is 3.12. The summed E-state index contributed by atoms with van der Waals surface area (Å²) in [5.41, 5.74) is 1.87. The van der Waals surface area contributed by atoms with Gasteiger partial charge < -0.3 is 9.80 Å². The minimum atomic E-state index is 0.129. The van der Waals surface area contributed by atoms with Gasteiger partial charge in [0.2, 0.25) is 0 Å². The third-order valence-corrected chi connectivity index (χ3v) is 5.18. The van der Waals surface area contributed by atoms with Crippen LogP contribution in [0.15, 0.2) is 24.3 Å². The number of carbonyl (C=O) groups is 1. The largest absolute Gasteiger partial charge is 0.378 e. The zero-order chi connectivity index (χ0) is 17.4. The van der Waals surface area contributed by atoms with E-state index in [1.165, 1.54) is 12.8 Å². The topological polar surface area (TPSA) is 65.1 Å². The van der Waals surface area contributed by atoms with Crippen molar-refractivity contribution in [3.8, 4) is 0 Å². The molecule has 2 fully saturated rings. The lowest BCUT2D eigenvalue weighted by Gasteiger charge is -2.17. The first-order valence-electron chi connectivity index (χ1n) is 9.08. The van der Waals surface area contributed by atoms with Crippen LogP contribution in [-0.4, -0.2) is 53.2 Å². The van der Waals surface area contributed by atoms with Crippen molar-refractivity contribution in [3.05, 3.63) is 41.5 Å². The van der Waals surface area contributed by atoms with Crippen molar-refractivity contribution in [2.45, 2.75) is 31.6 Å². The van der Waals surface area contributed by atoms with Gasteiger partial charge in [-0.1, -0.05) is 0 Å². The molecule has 0 spiro atoms. The van der Waals surface area contributed by atoms with Gasteiger partial charge in [0.25, 0.3) is 5.91 Å². The molecule has 1 aromatic carbocycles. The molecule has 1 amide bonds. The van der Waals surface area contributed by atoms with Gasteiger partial charge in [0.1, 0.15) is 5.82 Å². The van der Waals surface area contributed by atoms with Crippen LogP contribution in [0.5, 0.6) is 0 Å². The molecule has 25 heavy (non-hydrogen) atoms. The standard InChI is InChI=1S/C19H25N5O/c1-23(2)16-7-5-15(6-8-16)19(25)24-10-9-13(12-24)11-17-20-18(22-21-17)14-3-4-14/h5-8,13-14H,3-4,9-12H2,1-2H3,(H,20,21,22). The fourth-order valence-electron chi connectivity index (χ4n) is 3.47. The van der Waals surface area contributed by atoms with E-state index in [9.17, 15) is 4.79 Å². The molecule has 2 aliphatic rings. The predicted octanol–water partition coefficient (Wildman–Crippen LogP) is 2.45. The Morgan fingerprint density at radius 1 is 1.24 bits per heavy atom. The van der Waals surface area contributed by atoms with E-state index in [-0.39, 0.29) is 5.91 Å². The average Bonchev–Trinajstić information content (AvgIpc) is 3.19. The number of amides is 1. The number of nitrogens with one attached hydrogen (secondary N) is 1. The normalized spacial score (nSPS) is 20.1. The fraction of sp³-hybridized carbons (Fsp3) is 0.526. The summed E-state index contributed by atoms with van der Waals surface area (Å²) < 4.78 is 0. The second kappa shape index (κ2) is 6.50. The lowest BCUT2D eigenvalue weighted by molar-refractivity contribution is 0.0787. The highest BCUT2D eigenvalue weighted by atomic mass is 16.2. The van der Waals surface area contributed by atoms with Gasteiger partial charge in [-0.3, -0.25) is 9.89 Å². The Bertz CT molecular complexity index is 747. The van der Waals surface area contributed by atoms with Crippen molar-refractivity contribution in [2.75, 3.05) is 32.1 Å². The van der Waals surface area contributed by atoms with Crippen molar-refractivity contribution in [2.24, 2.45) is 5.92 Å². The van der Waals surface area contributed by atoms with Gasteiger partial charge in [-0.25, -0.2) is 4.98 Å². The van der Waals surface area contributed by atoms with E-state index in [1.54, 1.807) is 0 Å². The van der Waals surface area contributed by atoms with Crippen molar-refractivity contribution >= 4 is 11.6 Å². The summed E-state index contributed by atoms with van der Waals surface area (Å²) in [5, 5.41) is 7.40. The molecule has 6 nitrogen and oxygen atoms in total. The van der Waals surface area contributed by atoms with Crippen LogP contribution in [0.25, 0.3) is 0 Å². The number of nitrogens with zero attached hydrogens (tertiary/aromatic N) is 4. The fourth-order valence-corrected chi connectivity index (χ4v) is 3.47. The molecule has 1 N–H and O–H groups in total. The van der Waals surface area contributed by atoms with Crippen LogP contribution >= 0.6 is 0 Å². The first-order valence-corrected chi connectivity index (χ1v) is 9.08. The Labute approximate surface area is 148 Å². The number of carbonyl (C=O) groups excluding carboxylic acids is 1. The highest BCUT2D eigenvalue weighted by Crippen LogP contribution is 2.37. The van der Waals surface area contributed by atoms with Gasteiger partial charge in [-0.05, 0) is 49.4 Å². The van der Waals surface area contributed by atoms with Crippen molar-refractivity contribution in [3.63, 3.8) is 0 Å². The summed E-state index contributed by atoms with van der Waals surface area (Å²) >= 11 is 0. The van der Waals surface area contributed by atoms with E-state index >= 15 is 0 Å². The Morgan fingerprint density at radius 2 is 2.00 bits per heavy atom. The van der Waals surface area contributed by atoms with Crippen molar-refractivity contribution in [1.29, 1.82) is 0 Å². The second-order valence-electron chi connectivity index (χ2n) is 7.47. The molecule has 132 valence electrons. The second-order valence-corrected chi connectivity index (χ2v) is 7.47. The Kier molecular flexibility index (Phi) is 4.19. The van der Waals surface area contributed by atoms with Gasteiger partial charge in [0.05, 0.1) is 0 Å². The number of anilines is 1. The van der Waals surface area contributed by atoms with E-state index in [0.29, 0.717) is 11.8 Å². The lowest BCUT2D eigenvalue weighted by Crippen LogP contribution is -2.29. The van der Waals surface area contributed by atoms with Gasteiger partial charge in [0, 0.05) is 50.8 Å². The summed E-state index contributed by atoms with van der Waals surface area (Å²) in [4.78, 5) is 21.3. The molecular formula is C19H25N5O. The van der Waals surface area contributed by atoms with Gasteiger partial charge in [0.15, 0.2) is 5.82 Å². The number of rotatable bonds is 5. The molecule has 1 atom stereocenters. The molecule has 0 radical (unpaired) electrons. The zero-order valence-electron chi connectivity index (χ0n) is 14.9. The Morgan fingerprint density at radius 3 is 2.68 bits per heavy atom. The van der Waals surface area contributed by atoms with Gasteiger partial charge in [-0.2, -0.15) is 5.10 Å². The van der Waals surface area contributed by atoms with Crippen LogP contribution in [0.2, 0.25) is 0 Å². The lowest BCUT2D eigenvalue weighted by atomic mass is 10.0. The van der Waals surface area contributed by atoms with Crippen LogP contribution in [-0.2, 0) is 6.42 Å². The number of hydrogen-bond donors (Lipinski definition) is 1. The van der Waals surface area contributed by atoms with Crippen LogP contribution in [0.3, 0.4) is 0 Å². The number of likely N-dealkylation sites (tertiary alicyclic amines) is 1. The maximum absolute atomic E-state index is 12.7. The summed E-state index contributed by atoms with van der Waals surface area (Å²) in [6, 6.07) is 7.83. The predicted molar refractivity (Wildman–Crippen MR) is 96.8 cm³/mol. The molecule has 1 saturated carbocycles. The number of hydrogen-bond acceptors (Lipinski definition) is 4. The summed E-state index contributed by atoms with van der Waals surface area (Å²) in [6.45, 7) is 1.62. The molecule has 1 saturated heterocycles. The number of aromatic amines is 1. The van der Waals surface area contributed by atoms with Gasteiger partial charge in [-0.15, -0.1) is 0 Å². The van der Waals surface area contributed by atoms with E-state index in [1.807, 2.05) is 48.2 Å². The zero-order valence-corrected chi connectivity index (χ0v) is 14.9. The minimum absolute atomic E-state index is 0.129. The molecule has 0 bridgehead atoms. The Hall–Kier alpha value is -2.37. The van der Waals surface area contributed by atoms with Crippen LogP contribution in [0.1, 0.15) is 47.2 Å². The van der Waals surface area contributed by atoms with Crippen LogP contribution in [0, 0.1) is 5.92 Å². The maximum atomic E-state index is 12.7. The monoisotopic (exact) mass is 339 g/mol. The Balaban J connectivity index is 1.35. The number of H-pyrrole nitrogens is 1. The third-order valence-electron chi connectivity index (χ3n) is 5.18. The molecule has 6 heteroatoms. The van der Waals surface area contributed by atoms with Crippen molar-refractivity contribution in [1.82, 2.24) is 20.1 Å². The SMILES string of the molecule is CN(C)c1ccc(C(=O)N2CCC(Cc3nc(C4CC4)n[nH]3)C2)cc1. The highest BCUT2D eigenvalue weighted by molar-refractivity contribution is 5.94. The molecule has 1 unspecified atom stereocenters. The first-order chi connectivity index (χ1) is 12.1. The smallest absolute Gasteiger partial charge is 0.253 e. The highest BCUT2D eigenvalue weighted by Gasteiger charge is 2.30. The maximum Gasteiger partial charge on any atom is 0.253 e. The average molecular weight is 339 g/mol.